The first-order chi connectivity index (χ1) is 4.16. The topological polar surface area (TPSA) is 44.0 Å². The summed E-state index contributed by atoms with van der Waals surface area (Å²) in [5.41, 5.74) is -0.237. The number of aliphatic hydroxyl groups excluding tert-OH is 1. The van der Waals surface area contributed by atoms with Gasteiger partial charge in [0.05, 0.1) is 17.6 Å². The Bertz CT molecular complexity index is 149. The number of nitriles is 1. The van der Waals surface area contributed by atoms with Crippen LogP contribution in [0.25, 0.3) is 0 Å². The minimum Gasteiger partial charge on any atom is -0.393 e. The van der Waals surface area contributed by atoms with E-state index in [0.29, 0.717) is 6.42 Å². The molecule has 0 aliphatic heterocycles. The van der Waals surface area contributed by atoms with Gasteiger partial charge in [0.2, 0.25) is 0 Å². The quantitative estimate of drug-likeness (QED) is 0.526. The van der Waals surface area contributed by atoms with Crippen molar-refractivity contribution in [3.05, 3.63) is 0 Å². The molecule has 2 nitrogen and oxygen atoms in total. The van der Waals surface area contributed by atoms with Crippen molar-refractivity contribution in [1.82, 2.24) is 0 Å². The molecule has 0 aromatic heterocycles. The van der Waals surface area contributed by atoms with Crippen molar-refractivity contribution in [2.75, 3.05) is 0 Å². The molecule has 2 heteroatoms. The zero-order valence-electron chi connectivity index (χ0n) is 5.59. The minimum atomic E-state index is -0.237. The summed E-state index contributed by atoms with van der Waals surface area (Å²) in [7, 11) is 0. The Balaban J connectivity index is 2.58. The van der Waals surface area contributed by atoms with Crippen LogP contribution in [0.15, 0.2) is 0 Å². The average molecular weight is 125 g/mol. The lowest BCUT2D eigenvalue weighted by atomic mass is 9.91. The van der Waals surface area contributed by atoms with Crippen molar-refractivity contribution in [2.24, 2.45) is 5.41 Å². The third kappa shape index (κ3) is 1.22. The van der Waals surface area contributed by atoms with Crippen molar-refractivity contribution in [1.29, 1.82) is 5.26 Å². The molecule has 0 amide bonds. The fraction of sp³-hybridized carbons (Fsp3) is 0.857. The molecule has 0 spiro atoms. The van der Waals surface area contributed by atoms with E-state index in [1.165, 1.54) is 0 Å². The van der Waals surface area contributed by atoms with Crippen molar-refractivity contribution in [3.8, 4) is 6.07 Å². The highest BCUT2D eigenvalue weighted by Gasteiger charge is 2.33. The molecule has 2 unspecified atom stereocenters. The summed E-state index contributed by atoms with van der Waals surface area (Å²) in [6, 6.07) is 2.21. The van der Waals surface area contributed by atoms with Crippen LogP contribution >= 0.6 is 0 Å². The van der Waals surface area contributed by atoms with Crippen molar-refractivity contribution in [3.63, 3.8) is 0 Å². The first-order valence-corrected chi connectivity index (χ1v) is 3.26. The summed E-state index contributed by atoms with van der Waals surface area (Å²) in [5, 5.41) is 17.6. The molecule has 0 heterocycles. The fourth-order valence-corrected chi connectivity index (χ4v) is 1.31. The van der Waals surface area contributed by atoms with Gasteiger partial charge in [0, 0.05) is 0 Å². The van der Waals surface area contributed by atoms with Gasteiger partial charge >= 0.3 is 0 Å². The molecular weight excluding hydrogens is 114 g/mol. The molecule has 0 saturated heterocycles. The smallest absolute Gasteiger partial charge is 0.0687 e. The Labute approximate surface area is 55.1 Å². The first-order valence-electron chi connectivity index (χ1n) is 3.26. The Morgan fingerprint density at radius 2 is 2.44 bits per heavy atom. The van der Waals surface area contributed by atoms with Crippen LogP contribution in [0.3, 0.4) is 0 Å². The number of aliphatic hydroxyl groups is 1. The van der Waals surface area contributed by atoms with Crippen molar-refractivity contribution < 1.29 is 5.11 Å². The Morgan fingerprint density at radius 3 is 2.67 bits per heavy atom. The summed E-state index contributed by atoms with van der Waals surface area (Å²) in [4.78, 5) is 0. The highest BCUT2D eigenvalue weighted by molar-refractivity contribution is 5.01. The van der Waals surface area contributed by atoms with Crippen LogP contribution < -0.4 is 0 Å². The van der Waals surface area contributed by atoms with Gasteiger partial charge in [-0.25, -0.2) is 0 Å². The highest BCUT2D eigenvalue weighted by Crippen LogP contribution is 2.36. The second-order valence-corrected chi connectivity index (χ2v) is 3.07. The van der Waals surface area contributed by atoms with Crippen molar-refractivity contribution >= 4 is 0 Å². The van der Waals surface area contributed by atoms with Gasteiger partial charge in [-0.2, -0.15) is 5.26 Å². The van der Waals surface area contributed by atoms with Gasteiger partial charge in [-0.1, -0.05) is 0 Å². The van der Waals surface area contributed by atoms with Crippen LogP contribution in [-0.2, 0) is 0 Å². The van der Waals surface area contributed by atoms with Crippen LogP contribution in [0, 0.1) is 16.7 Å². The average Bonchev–Trinajstić information content (AvgIpc) is 2.13. The molecule has 1 N–H and O–H groups in total. The standard InChI is InChI=1S/C7H11NO/c1-7(5-8)3-2-6(9)4-7/h6,9H,2-4H2,1H3. The maximum Gasteiger partial charge on any atom is 0.0687 e. The van der Waals surface area contributed by atoms with Crippen LogP contribution in [0.5, 0.6) is 0 Å². The van der Waals surface area contributed by atoms with Gasteiger partial charge in [-0.3, -0.25) is 0 Å². The lowest BCUT2D eigenvalue weighted by Gasteiger charge is -2.10. The SMILES string of the molecule is CC1(C#N)CCC(O)C1. The van der Waals surface area contributed by atoms with Gasteiger partial charge in [-0.15, -0.1) is 0 Å². The maximum atomic E-state index is 9.04. The van der Waals surface area contributed by atoms with Gasteiger partial charge in [0.15, 0.2) is 0 Å². The third-order valence-corrected chi connectivity index (χ3v) is 1.99. The van der Waals surface area contributed by atoms with Gasteiger partial charge in [-0.05, 0) is 26.2 Å². The molecule has 1 rings (SSSR count). The second-order valence-electron chi connectivity index (χ2n) is 3.07. The van der Waals surface area contributed by atoms with Crippen LogP contribution in [-0.4, -0.2) is 11.2 Å². The molecule has 1 fully saturated rings. The molecule has 1 aliphatic rings. The van der Waals surface area contributed by atoms with Crippen molar-refractivity contribution in [2.45, 2.75) is 32.3 Å². The fourth-order valence-electron chi connectivity index (χ4n) is 1.31. The number of rotatable bonds is 0. The normalized spacial score (nSPS) is 42.6. The lowest BCUT2D eigenvalue weighted by Crippen LogP contribution is -2.09. The lowest BCUT2D eigenvalue weighted by molar-refractivity contribution is 0.173. The molecule has 0 aromatic carbocycles. The molecule has 50 valence electrons. The number of hydrogen-bond donors (Lipinski definition) is 1. The predicted molar refractivity (Wildman–Crippen MR) is 33.6 cm³/mol. The predicted octanol–water partition coefficient (Wildman–Crippen LogP) is 1.06. The van der Waals surface area contributed by atoms with E-state index >= 15 is 0 Å². The molecule has 0 aromatic rings. The Kier molecular flexibility index (Phi) is 1.46. The molecule has 1 saturated carbocycles. The van der Waals surface area contributed by atoms with E-state index in [9.17, 15) is 0 Å². The van der Waals surface area contributed by atoms with E-state index in [4.69, 9.17) is 10.4 Å². The van der Waals surface area contributed by atoms with Gasteiger partial charge < -0.3 is 5.11 Å². The summed E-state index contributed by atoms with van der Waals surface area (Å²) in [6.45, 7) is 1.91. The summed E-state index contributed by atoms with van der Waals surface area (Å²) < 4.78 is 0. The van der Waals surface area contributed by atoms with E-state index in [1.807, 2.05) is 6.92 Å². The van der Waals surface area contributed by atoms with Crippen LogP contribution in [0.1, 0.15) is 26.2 Å². The third-order valence-electron chi connectivity index (χ3n) is 1.99. The molecule has 9 heavy (non-hydrogen) atoms. The minimum absolute atomic E-state index is 0.227. The Morgan fingerprint density at radius 1 is 1.78 bits per heavy atom. The summed E-state index contributed by atoms with van der Waals surface area (Å²) >= 11 is 0. The molecule has 0 bridgehead atoms. The summed E-state index contributed by atoms with van der Waals surface area (Å²) in [5.74, 6) is 0. The van der Waals surface area contributed by atoms with E-state index in [1.54, 1.807) is 0 Å². The monoisotopic (exact) mass is 125 g/mol. The molecule has 0 radical (unpaired) electrons. The van der Waals surface area contributed by atoms with Gasteiger partial charge in [0.1, 0.15) is 0 Å². The molecular formula is C7H11NO. The first kappa shape index (κ1) is 6.57. The van der Waals surface area contributed by atoms with E-state index in [2.05, 4.69) is 6.07 Å². The second kappa shape index (κ2) is 2.00. The molecule has 2 atom stereocenters. The highest BCUT2D eigenvalue weighted by atomic mass is 16.3. The van der Waals surface area contributed by atoms with Gasteiger partial charge in [0.25, 0.3) is 0 Å². The Hall–Kier alpha value is -0.550. The summed E-state index contributed by atoms with van der Waals surface area (Å²) in [6.07, 6.45) is 2.08. The van der Waals surface area contributed by atoms with E-state index in [0.717, 1.165) is 12.8 Å². The van der Waals surface area contributed by atoms with E-state index < -0.39 is 0 Å². The van der Waals surface area contributed by atoms with Crippen LogP contribution in [0.4, 0.5) is 0 Å². The number of nitrogens with zero attached hydrogens (tertiary/aromatic N) is 1. The largest absolute Gasteiger partial charge is 0.393 e. The zero-order chi connectivity index (χ0) is 6.91. The maximum absolute atomic E-state index is 9.04. The van der Waals surface area contributed by atoms with Crippen LogP contribution in [0.2, 0.25) is 0 Å². The number of hydrogen-bond acceptors (Lipinski definition) is 2. The van der Waals surface area contributed by atoms with E-state index in [-0.39, 0.29) is 11.5 Å². The molecule has 1 aliphatic carbocycles. The zero-order valence-corrected chi connectivity index (χ0v) is 5.59.